The fraction of sp³-hybridized carbons (Fsp3) is 0.684. The SMILES string of the molecule is CCCCCCCCCCCCCc1cc(Oc2ccc(OP(=O)(O)OP(=O)(O)O)c(CCCCCCCCCCCCC)c2)ccc1OP(=O)(O)OP(=O)(O)O. The Labute approximate surface area is 339 Å². The molecule has 2 rings (SSSR count). The molecule has 2 aromatic carbocycles. The van der Waals surface area contributed by atoms with Crippen molar-refractivity contribution in [3.05, 3.63) is 47.5 Å². The minimum atomic E-state index is -5.35. The molecule has 0 aromatic heterocycles. The third kappa shape index (κ3) is 25.6. The largest absolute Gasteiger partial charge is 0.536 e. The van der Waals surface area contributed by atoms with Crippen molar-refractivity contribution in [2.75, 3.05) is 0 Å². The average molecular weight is 887 g/mol. The summed E-state index contributed by atoms with van der Waals surface area (Å²) < 4.78 is 71.8. The van der Waals surface area contributed by atoms with Crippen LogP contribution in [0.1, 0.15) is 166 Å². The first kappa shape index (κ1) is 51.6. The third-order valence-electron chi connectivity index (χ3n) is 9.25. The first-order chi connectivity index (χ1) is 26.9. The van der Waals surface area contributed by atoms with E-state index in [1.54, 1.807) is 12.1 Å². The van der Waals surface area contributed by atoms with E-state index in [4.69, 9.17) is 33.4 Å². The maximum absolute atomic E-state index is 12.4. The molecule has 0 bridgehead atoms. The summed E-state index contributed by atoms with van der Waals surface area (Å²) in [5.41, 5.74) is 0.868. The summed E-state index contributed by atoms with van der Waals surface area (Å²) in [6.45, 7) is 4.39. The Kier molecular flexibility index (Phi) is 24.7. The molecule has 0 radical (unpaired) electrons. The molecule has 0 amide bonds. The normalized spacial score (nSPS) is 14.2. The first-order valence-electron chi connectivity index (χ1n) is 20.4. The van der Waals surface area contributed by atoms with Crippen molar-refractivity contribution < 1.29 is 70.0 Å². The number of phosphoric acid groups is 4. The van der Waals surface area contributed by atoms with Gasteiger partial charge in [0.1, 0.15) is 23.0 Å². The highest BCUT2D eigenvalue weighted by atomic mass is 31.3. The maximum atomic E-state index is 12.4. The Morgan fingerprint density at radius 3 is 0.982 bits per heavy atom. The van der Waals surface area contributed by atoms with E-state index in [-0.39, 0.29) is 23.0 Å². The zero-order valence-electron chi connectivity index (χ0n) is 33.6. The van der Waals surface area contributed by atoms with Gasteiger partial charge in [-0.2, -0.15) is 8.62 Å². The van der Waals surface area contributed by atoms with Gasteiger partial charge in [-0.3, -0.25) is 9.79 Å². The predicted octanol–water partition coefficient (Wildman–Crippen LogP) is 12.4. The zero-order valence-corrected chi connectivity index (χ0v) is 37.2. The molecule has 2 atom stereocenters. The lowest BCUT2D eigenvalue weighted by atomic mass is 10.0. The van der Waals surface area contributed by atoms with Crippen LogP contribution in [0.2, 0.25) is 0 Å². The van der Waals surface area contributed by atoms with Gasteiger partial charge in [-0.05, 0) is 73.2 Å². The van der Waals surface area contributed by atoms with Crippen molar-refractivity contribution in [1.82, 2.24) is 0 Å². The fourth-order valence-electron chi connectivity index (χ4n) is 6.45. The molecule has 0 fully saturated rings. The monoisotopic (exact) mass is 886 g/mol. The van der Waals surface area contributed by atoms with Crippen LogP contribution < -0.4 is 13.8 Å². The van der Waals surface area contributed by atoms with Gasteiger partial charge in [0.15, 0.2) is 0 Å². The number of aryl methyl sites for hydroxylation is 2. The second-order valence-electron chi connectivity index (χ2n) is 14.5. The van der Waals surface area contributed by atoms with E-state index in [9.17, 15) is 28.0 Å². The van der Waals surface area contributed by atoms with E-state index in [0.29, 0.717) is 36.8 Å². The van der Waals surface area contributed by atoms with E-state index >= 15 is 0 Å². The quantitative estimate of drug-likeness (QED) is 0.0283. The van der Waals surface area contributed by atoms with Crippen LogP contribution >= 0.6 is 31.3 Å². The van der Waals surface area contributed by atoms with E-state index < -0.39 is 31.3 Å². The molecule has 0 heterocycles. The second kappa shape index (κ2) is 27.3. The van der Waals surface area contributed by atoms with Gasteiger partial charge in [0.25, 0.3) is 0 Å². The van der Waals surface area contributed by atoms with E-state index in [2.05, 4.69) is 22.5 Å². The van der Waals surface area contributed by atoms with Crippen LogP contribution in [0.5, 0.6) is 23.0 Å². The Balaban J connectivity index is 2.18. The molecule has 2 aromatic rings. The van der Waals surface area contributed by atoms with Gasteiger partial charge in [-0.25, -0.2) is 18.3 Å². The molecule has 0 aliphatic carbocycles. The Morgan fingerprint density at radius 1 is 0.421 bits per heavy atom. The molecule has 0 saturated carbocycles. The molecule has 19 heteroatoms. The van der Waals surface area contributed by atoms with Crippen LogP contribution in [0.15, 0.2) is 36.4 Å². The highest BCUT2D eigenvalue weighted by molar-refractivity contribution is 7.61. The number of benzene rings is 2. The molecule has 2 unspecified atom stereocenters. The molecule has 0 saturated heterocycles. The Bertz CT molecular complexity index is 1510. The van der Waals surface area contributed by atoms with Crippen LogP contribution in [-0.2, 0) is 39.7 Å². The van der Waals surface area contributed by atoms with Gasteiger partial charge in [0.05, 0.1) is 0 Å². The molecule has 0 spiro atoms. The standard InChI is InChI=1S/C38H66O15P4/c1-3-5-7-9-11-13-15-17-19-21-23-25-33-31-35(27-29-37(33)50-56(45,46)52-54(39,40)41)49-36-28-30-38(51-57(47,48)53-55(42,43)44)34(32-36)26-24-22-20-18-16-14-12-10-8-6-4-2/h27-32H,3-26H2,1-2H3,(H,45,46)(H,47,48)(H2,39,40,41)(H2,42,43,44). The summed E-state index contributed by atoms with van der Waals surface area (Å²) in [6.07, 6.45) is 25.3. The van der Waals surface area contributed by atoms with E-state index in [1.165, 1.54) is 101 Å². The fourth-order valence-corrected chi connectivity index (χ4v) is 9.72. The van der Waals surface area contributed by atoms with Crippen LogP contribution in [-0.4, -0.2) is 29.4 Å². The Morgan fingerprint density at radius 2 is 0.702 bits per heavy atom. The van der Waals surface area contributed by atoms with Crippen molar-refractivity contribution >= 4 is 31.3 Å². The van der Waals surface area contributed by atoms with E-state index in [1.807, 2.05) is 0 Å². The lowest BCUT2D eigenvalue weighted by Crippen LogP contribution is -2.01. The number of rotatable bonds is 34. The van der Waals surface area contributed by atoms with Gasteiger partial charge >= 0.3 is 31.3 Å². The minimum absolute atomic E-state index is 0.113. The van der Waals surface area contributed by atoms with Gasteiger partial charge in [0, 0.05) is 0 Å². The van der Waals surface area contributed by atoms with Crippen LogP contribution in [0.25, 0.3) is 0 Å². The number of phosphoric ester groups is 2. The molecule has 15 nitrogen and oxygen atoms in total. The molecular weight excluding hydrogens is 820 g/mol. The number of ether oxygens (including phenoxy) is 1. The Hall–Kier alpha value is -1.56. The summed E-state index contributed by atoms with van der Waals surface area (Å²) in [4.78, 5) is 56.5. The van der Waals surface area contributed by atoms with Crippen LogP contribution in [0.3, 0.4) is 0 Å². The lowest BCUT2D eigenvalue weighted by Gasteiger charge is -2.18. The molecule has 328 valence electrons. The van der Waals surface area contributed by atoms with Gasteiger partial charge in [-0.1, -0.05) is 142 Å². The molecule has 57 heavy (non-hydrogen) atoms. The predicted molar refractivity (Wildman–Crippen MR) is 220 cm³/mol. The van der Waals surface area contributed by atoms with Gasteiger partial charge in [-0.15, -0.1) is 0 Å². The topological polar surface area (TPSA) is 236 Å². The van der Waals surface area contributed by atoms with E-state index in [0.717, 1.165) is 51.4 Å². The summed E-state index contributed by atoms with van der Waals surface area (Å²) >= 11 is 0. The minimum Gasteiger partial charge on any atom is -0.457 e. The summed E-state index contributed by atoms with van der Waals surface area (Å²) in [5.74, 6) is 0.351. The summed E-state index contributed by atoms with van der Waals surface area (Å²) in [7, 11) is -21.1. The number of hydrogen-bond acceptors (Lipinski definition) is 9. The van der Waals surface area contributed by atoms with Crippen LogP contribution in [0.4, 0.5) is 0 Å². The maximum Gasteiger partial charge on any atom is 0.536 e. The third-order valence-corrected chi connectivity index (χ3v) is 13.5. The smallest absolute Gasteiger partial charge is 0.457 e. The summed E-state index contributed by atoms with van der Waals surface area (Å²) in [6, 6.07) is 8.68. The highest BCUT2D eigenvalue weighted by Gasteiger charge is 2.35. The molecule has 6 N–H and O–H groups in total. The van der Waals surface area contributed by atoms with Crippen molar-refractivity contribution in [2.45, 2.75) is 168 Å². The molecule has 0 aliphatic rings. The highest BCUT2D eigenvalue weighted by Crippen LogP contribution is 2.59. The number of hydrogen-bond donors (Lipinski definition) is 6. The van der Waals surface area contributed by atoms with Crippen molar-refractivity contribution in [2.24, 2.45) is 0 Å². The van der Waals surface area contributed by atoms with Crippen LogP contribution in [0, 0.1) is 0 Å². The average Bonchev–Trinajstić information content (AvgIpc) is 3.09. The number of unbranched alkanes of at least 4 members (excludes halogenated alkanes) is 20. The van der Waals surface area contributed by atoms with Crippen molar-refractivity contribution in [1.29, 1.82) is 0 Å². The van der Waals surface area contributed by atoms with Gasteiger partial charge < -0.3 is 33.4 Å². The lowest BCUT2D eigenvalue weighted by molar-refractivity contribution is 0.225. The first-order valence-corrected chi connectivity index (χ1v) is 26.5. The van der Waals surface area contributed by atoms with Crippen molar-refractivity contribution in [3.63, 3.8) is 0 Å². The molecular formula is C38H66O15P4. The summed E-state index contributed by atoms with van der Waals surface area (Å²) in [5, 5.41) is 0. The molecule has 0 aliphatic heterocycles. The second-order valence-corrected chi connectivity index (χ2v) is 20.0. The zero-order chi connectivity index (χ0) is 42.2. The van der Waals surface area contributed by atoms with Crippen molar-refractivity contribution in [3.8, 4) is 23.0 Å². The van der Waals surface area contributed by atoms with Gasteiger partial charge in [0.2, 0.25) is 0 Å².